The summed E-state index contributed by atoms with van der Waals surface area (Å²) in [5.74, 6) is -2.23. The van der Waals surface area contributed by atoms with Gasteiger partial charge in [-0.3, -0.25) is 20.4 Å². The van der Waals surface area contributed by atoms with Crippen LogP contribution in [0.5, 0.6) is 0 Å². The van der Waals surface area contributed by atoms with Gasteiger partial charge in [0.05, 0.1) is 10.6 Å². The van der Waals surface area contributed by atoms with Crippen molar-refractivity contribution in [3.63, 3.8) is 0 Å². The molecule has 2 aromatic rings. The Morgan fingerprint density at radius 1 is 0.969 bits per heavy atom. The summed E-state index contributed by atoms with van der Waals surface area (Å²) in [6.07, 6.45) is 0. The maximum absolute atomic E-state index is 12.7. The minimum atomic E-state index is -3.90. The number of carbonyl (C=O) groups excluding carboxylic acids is 3. The Morgan fingerprint density at radius 3 is 2.16 bits per heavy atom. The second-order valence-electron chi connectivity index (χ2n) is 6.68. The first kappa shape index (κ1) is 25.3. The van der Waals surface area contributed by atoms with Crippen molar-refractivity contribution in [3.8, 4) is 0 Å². The smallest absolute Gasteiger partial charge is 0.338 e. The summed E-state index contributed by atoms with van der Waals surface area (Å²) in [4.78, 5) is 35.9. The Morgan fingerprint density at radius 2 is 1.56 bits per heavy atom. The van der Waals surface area contributed by atoms with E-state index in [1.54, 1.807) is 38.1 Å². The van der Waals surface area contributed by atoms with Gasteiger partial charge in [-0.1, -0.05) is 43.1 Å². The summed E-state index contributed by atoms with van der Waals surface area (Å²) in [6, 6.07) is 10.4. The molecule has 0 aliphatic carbocycles. The summed E-state index contributed by atoms with van der Waals surface area (Å²) < 4.78 is 31.6. The van der Waals surface area contributed by atoms with E-state index in [1.807, 2.05) is 6.92 Å². The first-order chi connectivity index (χ1) is 15.1. The molecule has 0 spiro atoms. The number of amides is 2. The fourth-order valence-corrected chi connectivity index (χ4v) is 4.64. The number of benzene rings is 2. The summed E-state index contributed by atoms with van der Waals surface area (Å²) >= 11 is 6.04. The van der Waals surface area contributed by atoms with Gasteiger partial charge < -0.3 is 4.74 Å². The van der Waals surface area contributed by atoms with Crippen molar-refractivity contribution in [2.24, 2.45) is 0 Å². The fraction of sp³-hybridized carbons (Fsp3) is 0.286. The van der Waals surface area contributed by atoms with Gasteiger partial charge in [-0.05, 0) is 37.3 Å². The van der Waals surface area contributed by atoms with Gasteiger partial charge in [0, 0.05) is 18.7 Å². The first-order valence-electron chi connectivity index (χ1n) is 9.72. The van der Waals surface area contributed by atoms with E-state index < -0.39 is 34.4 Å². The Hall–Kier alpha value is -2.95. The zero-order chi connectivity index (χ0) is 23.9. The van der Waals surface area contributed by atoms with Gasteiger partial charge in [0.1, 0.15) is 4.90 Å². The lowest BCUT2D eigenvalue weighted by Crippen LogP contribution is -2.43. The van der Waals surface area contributed by atoms with E-state index in [1.165, 1.54) is 16.4 Å². The van der Waals surface area contributed by atoms with Crippen LogP contribution in [0.3, 0.4) is 0 Å². The molecular weight excluding hydrogens is 458 g/mol. The van der Waals surface area contributed by atoms with E-state index >= 15 is 0 Å². The lowest BCUT2D eigenvalue weighted by molar-refractivity contribution is -0.125. The normalized spacial score (nSPS) is 11.2. The molecule has 2 aromatic carbocycles. The lowest BCUT2D eigenvalue weighted by Gasteiger charge is -2.19. The van der Waals surface area contributed by atoms with Crippen molar-refractivity contribution in [2.45, 2.75) is 25.7 Å². The minimum absolute atomic E-state index is 0.0370. The van der Waals surface area contributed by atoms with E-state index in [4.69, 9.17) is 16.3 Å². The zero-order valence-electron chi connectivity index (χ0n) is 17.8. The third kappa shape index (κ3) is 6.28. The molecule has 32 heavy (non-hydrogen) atoms. The van der Waals surface area contributed by atoms with Crippen LogP contribution in [0.15, 0.2) is 47.4 Å². The molecule has 0 aliphatic heterocycles. The topological polar surface area (TPSA) is 122 Å². The van der Waals surface area contributed by atoms with Gasteiger partial charge in [0.2, 0.25) is 10.0 Å². The molecule has 0 saturated carbocycles. The highest BCUT2D eigenvalue weighted by molar-refractivity contribution is 7.89. The predicted octanol–water partition coefficient (Wildman–Crippen LogP) is 2.30. The standard InChI is InChI=1S/C21H24ClN3O6S/c1-4-25(5-2)32(29,30)18-12-16(10-11-17(18)22)21(28)31-13-19(26)23-24-20(27)15-8-6-14(3)7-9-15/h6-12H,4-5,13H2,1-3H3,(H,23,26)(H,24,27). The Bertz CT molecular complexity index is 1100. The molecule has 0 bridgehead atoms. The van der Waals surface area contributed by atoms with Gasteiger partial charge in [-0.2, -0.15) is 4.31 Å². The highest BCUT2D eigenvalue weighted by atomic mass is 35.5. The molecule has 0 radical (unpaired) electrons. The number of carbonyl (C=O) groups is 3. The van der Waals surface area contributed by atoms with E-state index in [0.717, 1.165) is 11.6 Å². The zero-order valence-corrected chi connectivity index (χ0v) is 19.4. The number of rotatable bonds is 8. The van der Waals surface area contributed by atoms with Crippen LogP contribution < -0.4 is 10.9 Å². The van der Waals surface area contributed by atoms with E-state index in [0.29, 0.717) is 5.56 Å². The van der Waals surface area contributed by atoms with Crippen molar-refractivity contribution < 1.29 is 27.5 Å². The van der Waals surface area contributed by atoms with E-state index in [9.17, 15) is 22.8 Å². The maximum Gasteiger partial charge on any atom is 0.338 e. The summed E-state index contributed by atoms with van der Waals surface area (Å²) in [5, 5.41) is -0.0370. The van der Waals surface area contributed by atoms with Crippen molar-refractivity contribution in [2.75, 3.05) is 19.7 Å². The fourth-order valence-electron chi connectivity index (χ4n) is 2.68. The average molecular weight is 482 g/mol. The van der Waals surface area contributed by atoms with E-state index in [2.05, 4.69) is 10.9 Å². The molecule has 0 atom stereocenters. The molecule has 0 aliphatic rings. The van der Waals surface area contributed by atoms with Crippen molar-refractivity contribution >= 4 is 39.4 Å². The molecule has 9 nitrogen and oxygen atoms in total. The third-order valence-corrected chi connectivity index (χ3v) is 6.99. The van der Waals surface area contributed by atoms with Crippen LogP contribution in [0.2, 0.25) is 5.02 Å². The van der Waals surface area contributed by atoms with Crippen molar-refractivity contribution in [1.29, 1.82) is 0 Å². The first-order valence-corrected chi connectivity index (χ1v) is 11.5. The monoisotopic (exact) mass is 481 g/mol. The number of halogens is 1. The van der Waals surface area contributed by atoms with Crippen LogP contribution in [-0.2, 0) is 19.6 Å². The number of hydrogen-bond acceptors (Lipinski definition) is 6. The molecule has 2 amide bonds. The number of ether oxygens (including phenoxy) is 1. The minimum Gasteiger partial charge on any atom is -0.452 e. The van der Waals surface area contributed by atoms with Gasteiger partial charge >= 0.3 is 5.97 Å². The second-order valence-corrected chi connectivity index (χ2v) is 8.99. The van der Waals surface area contributed by atoms with Gasteiger partial charge in [0.15, 0.2) is 6.61 Å². The predicted molar refractivity (Wildman–Crippen MR) is 119 cm³/mol. The Kier molecular flexibility index (Phi) is 8.76. The molecular formula is C21H24ClN3O6S. The lowest BCUT2D eigenvalue weighted by atomic mass is 10.1. The van der Waals surface area contributed by atoms with Crippen LogP contribution >= 0.6 is 11.6 Å². The molecule has 0 aromatic heterocycles. The van der Waals surface area contributed by atoms with Gasteiger partial charge in [0.25, 0.3) is 11.8 Å². The molecule has 0 fully saturated rings. The van der Waals surface area contributed by atoms with Crippen LogP contribution in [0.4, 0.5) is 0 Å². The highest BCUT2D eigenvalue weighted by Gasteiger charge is 2.26. The SMILES string of the molecule is CCN(CC)S(=O)(=O)c1cc(C(=O)OCC(=O)NNC(=O)c2ccc(C)cc2)ccc1Cl. The van der Waals surface area contributed by atoms with Crippen LogP contribution in [-0.4, -0.2) is 50.2 Å². The van der Waals surface area contributed by atoms with Crippen molar-refractivity contribution in [3.05, 3.63) is 64.2 Å². The number of sulfonamides is 1. The summed E-state index contributed by atoms with van der Waals surface area (Å²) in [7, 11) is -3.90. The molecule has 2 N–H and O–H groups in total. The molecule has 0 heterocycles. The summed E-state index contributed by atoms with van der Waals surface area (Å²) in [6.45, 7) is 5.03. The number of hydrazine groups is 1. The van der Waals surface area contributed by atoms with Crippen LogP contribution in [0, 0.1) is 6.92 Å². The van der Waals surface area contributed by atoms with Gasteiger partial charge in [-0.15, -0.1) is 0 Å². The summed E-state index contributed by atoms with van der Waals surface area (Å²) in [5.41, 5.74) is 5.59. The quantitative estimate of drug-likeness (QED) is 0.440. The van der Waals surface area contributed by atoms with Crippen LogP contribution in [0.25, 0.3) is 0 Å². The molecule has 0 saturated heterocycles. The second kappa shape index (κ2) is 11.1. The number of hydrogen-bond donors (Lipinski definition) is 2. The number of nitrogens with one attached hydrogen (secondary N) is 2. The van der Waals surface area contributed by atoms with Crippen LogP contribution in [0.1, 0.15) is 40.1 Å². The maximum atomic E-state index is 12.7. The molecule has 2 rings (SSSR count). The molecule has 172 valence electrons. The van der Waals surface area contributed by atoms with Crippen molar-refractivity contribution in [1.82, 2.24) is 15.2 Å². The average Bonchev–Trinajstić information content (AvgIpc) is 2.77. The Labute approximate surface area is 191 Å². The number of nitrogens with zero attached hydrogens (tertiary/aromatic N) is 1. The largest absolute Gasteiger partial charge is 0.452 e. The number of aryl methyl sites for hydroxylation is 1. The molecule has 11 heteroatoms. The van der Waals surface area contributed by atoms with E-state index in [-0.39, 0.29) is 28.6 Å². The molecule has 0 unspecified atom stereocenters. The third-order valence-electron chi connectivity index (χ3n) is 4.45. The highest BCUT2D eigenvalue weighted by Crippen LogP contribution is 2.26. The Balaban J connectivity index is 1.98. The number of esters is 1. The van der Waals surface area contributed by atoms with Gasteiger partial charge in [-0.25, -0.2) is 13.2 Å².